The molecule has 4 heteroatoms. The molecule has 0 atom stereocenters. The monoisotopic (exact) mass is 754 g/mol. The van der Waals surface area contributed by atoms with Crippen LogP contribution < -0.4 is 26.2 Å². The van der Waals surface area contributed by atoms with Gasteiger partial charge in [0.15, 0.2) is 0 Å². The van der Waals surface area contributed by atoms with Crippen LogP contribution >= 0.6 is 0 Å². The average molecular weight is 755 g/mol. The number of hydrogen-bond acceptors (Lipinski definition) is 3. The molecule has 1 aromatic heterocycles. The summed E-state index contributed by atoms with van der Waals surface area (Å²) in [6.45, 7) is 20.9. The molecule has 2 aliphatic heterocycles. The van der Waals surface area contributed by atoms with Crippen LogP contribution in [0.5, 0.6) is 0 Å². The van der Waals surface area contributed by atoms with Gasteiger partial charge in [-0.05, 0) is 127 Å². The highest BCUT2D eigenvalue weighted by atomic mass is 16.3. The molecule has 2 aliphatic rings. The van der Waals surface area contributed by atoms with Crippen molar-refractivity contribution in [3.8, 4) is 11.1 Å². The Bertz CT molecular complexity index is 2920. The molecule has 0 N–H and O–H groups in total. The van der Waals surface area contributed by atoms with Gasteiger partial charge in [0.2, 0.25) is 0 Å². The Labute approximate surface area is 344 Å². The second kappa shape index (κ2) is 12.8. The lowest BCUT2D eigenvalue weighted by molar-refractivity contribution is 0.590. The first-order chi connectivity index (χ1) is 27.6. The standard InChI is InChI=1S/C54H51BN2O/c1-52(2,3)36-21-25-39(26-22-36)56-46-17-13-18-47-51(46)55(43-28-23-38(33-48(43)56)54(7,8)9)44-32-37(53(4,5)6)24-29-45(44)57(47)40-15-12-14-34(30-40)35-20-27-42-41-16-10-11-19-49(41)58-50(42)31-35/h10-33H,1-9H3. The molecule has 286 valence electrons. The van der Waals surface area contributed by atoms with Crippen LogP contribution in [-0.4, -0.2) is 6.71 Å². The Balaban J connectivity index is 1.20. The minimum absolute atomic E-state index is 0.000448. The second-order valence-corrected chi connectivity index (χ2v) is 19.5. The fourth-order valence-corrected chi connectivity index (χ4v) is 9.27. The lowest BCUT2D eigenvalue weighted by Crippen LogP contribution is -2.61. The van der Waals surface area contributed by atoms with E-state index in [2.05, 4.69) is 206 Å². The Morgan fingerprint density at radius 3 is 1.72 bits per heavy atom. The number of furan rings is 1. The van der Waals surface area contributed by atoms with Crippen molar-refractivity contribution in [2.24, 2.45) is 0 Å². The molecule has 0 saturated heterocycles. The van der Waals surface area contributed by atoms with Crippen LogP contribution in [-0.2, 0) is 16.2 Å². The molecule has 0 fully saturated rings. The van der Waals surface area contributed by atoms with E-state index in [-0.39, 0.29) is 23.0 Å². The molecule has 0 aliphatic carbocycles. The zero-order chi connectivity index (χ0) is 40.3. The normalized spacial score (nSPS) is 13.8. The van der Waals surface area contributed by atoms with Gasteiger partial charge in [0.05, 0.1) is 0 Å². The molecule has 0 saturated carbocycles. The third-order valence-corrected chi connectivity index (χ3v) is 12.5. The SMILES string of the molecule is CC(C)(C)c1ccc(N2c3cc(C(C)(C)C)ccc3B3c4cc(C(C)(C)C)ccc4N(c4cccc(-c5ccc6c(c5)oc5ccccc56)c4)c4cccc2c43)cc1. The van der Waals surface area contributed by atoms with Crippen molar-refractivity contribution in [2.75, 3.05) is 9.80 Å². The topological polar surface area (TPSA) is 19.6 Å². The van der Waals surface area contributed by atoms with E-state index in [0.29, 0.717) is 0 Å². The van der Waals surface area contributed by atoms with E-state index < -0.39 is 0 Å². The van der Waals surface area contributed by atoms with Crippen LogP contribution in [0.25, 0.3) is 33.1 Å². The lowest BCUT2D eigenvalue weighted by atomic mass is 9.33. The van der Waals surface area contributed by atoms with E-state index in [1.807, 2.05) is 12.1 Å². The number of nitrogens with zero attached hydrogens (tertiary/aromatic N) is 2. The van der Waals surface area contributed by atoms with Crippen molar-refractivity contribution < 1.29 is 4.42 Å². The summed E-state index contributed by atoms with van der Waals surface area (Å²) in [4.78, 5) is 5.04. The highest BCUT2D eigenvalue weighted by Gasteiger charge is 2.44. The largest absolute Gasteiger partial charge is 0.456 e. The summed E-state index contributed by atoms with van der Waals surface area (Å²) in [5, 5.41) is 2.29. The van der Waals surface area contributed by atoms with E-state index >= 15 is 0 Å². The van der Waals surface area contributed by atoms with Gasteiger partial charge < -0.3 is 14.2 Å². The Hall–Kier alpha value is -6.00. The van der Waals surface area contributed by atoms with Crippen LogP contribution in [0, 0.1) is 0 Å². The third kappa shape index (κ3) is 5.79. The van der Waals surface area contributed by atoms with E-state index in [1.54, 1.807) is 0 Å². The average Bonchev–Trinajstić information content (AvgIpc) is 3.57. The quantitative estimate of drug-likeness (QED) is 0.168. The van der Waals surface area contributed by atoms with Crippen molar-refractivity contribution in [2.45, 2.75) is 78.6 Å². The fourth-order valence-electron chi connectivity index (χ4n) is 9.27. The molecule has 3 nitrogen and oxygen atoms in total. The summed E-state index contributed by atoms with van der Waals surface area (Å²) in [6.07, 6.45) is 0. The minimum atomic E-state index is -0.0106. The van der Waals surface area contributed by atoms with E-state index in [1.165, 1.54) is 61.5 Å². The Morgan fingerprint density at radius 2 is 1.00 bits per heavy atom. The molecular weight excluding hydrogens is 703 g/mol. The number of hydrogen-bond donors (Lipinski definition) is 0. The molecule has 8 aromatic rings. The maximum atomic E-state index is 6.35. The van der Waals surface area contributed by atoms with Gasteiger partial charge in [0, 0.05) is 44.9 Å². The van der Waals surface area contributed by atoms with Crippen LogP contribution in [0.3, 0.4) is 0 Å². The number of anilines is 6. The number of rotatable bonds is 3. The first-order valence-corrected chi connectivity index (χ1v) is 20.8. The molecule has 10 rings (SSSR count). The van der Waals surface area contributed by atoms with Crippen LogP contribution in [0.2, 0.25) is 0 Å². The molecule has 7 aromatic carbocycles. The Kier molecular flexibility index (Phi) is 7.99. The van der Waals surface area contributed by atoms with Gasteiger partial charge in [0.25, 0.3) is 6.71 Å². The van der Waals surface area contributed by atoms with Gasteiger partial charge in [-0.1, -0.05) is 141 Å². The van der Waals surface area contributed by atoms with Crippen molar-refractivity contribution in [3.63, 3.8) is 0 Å². The van der Waals surface area contributed by atoms with Gasteiger partial charge in [-0.25, -0.2) is 0 Å². The van der Waals surface area contributed by atoms with Crippen molar-refractivity contribution in [1.82, 2.24) is 0 Å². The summed E-state index contributed by atoms with van der Waals surface area (Å²) >= 11 is 0. The van der Waals surface area contributed by atoms with Crippen molar-refractivity contribution >= 4 is 79.2 Å². The minimum Gasteiger partial charge on any atom is -0.456 e. The van der Waals surface area contributed by atoms with Gasteiger partial charge in [-0.3, -0.25) is 0 Å². The summed E-state index contributed by atoms with van der Waals surface area (Å²) in [5.41, 5.74) is 19.4. The molecular formula is C54H51BN2O. The molecule has 0 bridgehead atoms. The smallest absolute Gasteiger partial charge is 0.252 e. The van der Waals surface area contributed by atoms with Crippen LogP contribution in [0.15, 0.2) is 150 Å². The molecule has 3 heterocycles. The third-order valence-electron chi connectivity index (χ3n) is 12.5. The van der Waals surface area contributed by atoms with E-state index in [0.717, 1.165) is 38.8 Å². The van der Waals surface area contributed by atoms with E-state index in [9.17, 15) is 0 Å². The zero-order valence-corrected chi connectivity index (χ0v) is 35.2. The Morgan fingerprint density at radius 1 is 0.397 bits per heavy atom. The van der Waals surface area contributed by atoms with Gasteiger partial charge in [0.1, 0.15) is 11.2 Å². The predicted octanol–water partition coefficient (Wildman–Crippen LogP) is 13.2. The number of benzene rings is 7. The maximum Gasteiger partial charge on any atom is 0.252 e. The van der Waals surface area contributed by atoms with Gasteiger partial charge in [-0.2, -0.15) is 0 Å². The maximum absolute atomic E-state index is 6.35. The summed E-state index contributed by atoms with van der Waals surface area (Å²) in [7, 11) is 0. The van der Waals surface area contributed by atoms with Crippen molar-refractivity contribution in [3.05, 3.63) is 162 Å². The van der Waals surface area contributed by atoms with Crippen LogP contribution in [0.1, 0.15) is 79.0 Å². The first-order valence-electron chi connectivity index (χ1n) is 20.8. The zero-order valence-electron chi connectivity index (χ0n) is 35.2. The highest BCUT2D eigenvalue weighted by Crippen LogP contribution is 2.46. The first kappa shape index (κ1) is 36.4. The van der Waals surface area contributed by atoms with Gasteiger partial charge in [-0.15, -0.1) is 0 Å². The predicted molar refractivity (Wildman–Crippen MR) is 249 cm³/mol. The highest BCUT2D eigenvalue weighted by molar-refractivity contribution is 7.00. The number of fused-ring (bicyclic) bond motifs is 7. The summed E-state index contributed by atoms with van der Waals surface area (Å²) < 4.78 is 6.35. The van der Waals surface area contributed by atoms with Gasteiger partial charge >= 0.3 is 0 Å². The summed E-state index contributed by atoms with van der Waals surface area (Å²) in [5.74, 6) is 0. The molecule has 58 heavy (non-hydrogen) atoms. The van der Waals surface area contributed by atoms with Crippen LogP contribution in [0.4, 0.5) is 34.1 Å². The molecule has 0 unspecified atom stereocenters. The fraction of sp³-hybridized carbons (Fsp3) is 0.222. The van der Waals surface area contributed by atoms with Crippen molar-refractivity contribution in [1.29, 1.82) is 0 Å². The van der Waals surface area contributed by atoms with E-state index in [4.69, 9.17) is 4.42 Å². The molecule has 0 amide bonds. The molecule has 0 radical (unpaired) electrons. The lowest BCUT2D eigenvalue weighted by Gasteiger charge is -2.45. The number of para-hydroxylation sites is 1. The molecule has 0 spiro atoms. The summed E-state index contributed by atoms with van der Waals surface area (Å²) in [6, 6.07) is 54.6. The second-order valence-electron chi connectivity index (χ2n) is 19.5.